The summed E-state index contributed by atoms with van der Waals surface area (Å²) in [6.07, 6.45) is -3.22. The number of hydrogen-bond donors (Lipinski definition) is 0. The predicted molar refractivity (Wildman–Crippen MR) is 89.5 cm³/mol. The minimum absolute atomic E-state index is 0.176. The van der Waals surface area contributed by atoms with Crippen LogP contribution in [-0.4, -0.2) is 24.6 Å². The van der Waals surface area contributed by atoms with E-state index in [1.807, 2.05) is 18.2 Å². The van der Waals surface area contributed by atoms with Crippen molar-refractivity contribution in [3.63, 3.8) is 0 Å². The Hall–Kier alpha value is -2.08. The van der Waals surface area contributed by atoms with Crippen LogP contribution in [0.3, 0.4) is 0 Å². The molecule has 2 aromatic carbocycles. The first-order valence-corrected chi connectivity index (χ1v) is 8.68. The molecule has 6 heteroatoms. The Morgan fingerprint density at radius 2 is 1.73 bits per heavy atom. The summed E-state index contributed by atoms with van der Waals surface area (Å²) in [7, 11) is 0. The summed E-state index contributed by atoms with van der Waals surface area (Å²) in [5, 5.41) is 0. The molecule has 1 fully saturated rings. The SMILES string of the molecule is Fc1cc2c(cc1C(F)(F)F)OCC21CCN(Cc2ccccc2)CC1. The fraction of sp³-hybridized carbons (Fsp3) is 0.400. The zero-order valence-corrected chi connectivity index (χ0v) is 14.2. The zero-order valence-electron chi connectivity index (χ0n) is 14.2. The van der Waals surface area contributed by atoms with Gasteiger partial charge in [-0.1, -0.05) is 30.3 Å². The van der Waals surface area contributed by atoms with Gasteiger partial charge in [-0.2, -0.15) is 13.2 Å². The molecule has 0 saturated carbocycles. The van der Waals surface area contributed by atoms with Crippen molar-refractivity contribution in [3.8, 4) is 5.75 Å². The molecule has 26 heavy (non-hydrogen) atoms. The van der Waals surface area contributed by atoms with Crippen molar-refractivity contribution in [1.82, 2.24) is 4.90 Å². The molecule has 138 valence electrons. The fourth-order valence-corrected chi connectivity index (χ4v) is 3.99. The van der Waals surface area contributed by atoms with E-state index in [-0.39, 0.29) is 11.2 Å². The van der Waals surface area contributed by atoms with Crippen LogP contribution in [0, 0.1) is 5.82 Å². The summed E-state index contributed by atoms with van der Waals surface area (Å²) >= 11 is 0. The number of nitrogens with zero attached hydrogens (tertiary/aromatic N) is 1. The van der Waals surface area contributed by atoms with Crippen LogP contribution in [0.5, 0.6) is 5.75 Å². The van der Waals surface area contributed by atoms with Crippen molar-refractivity contribution in [2.75, 3.05) is 19.7 Å². The second kappa shape index (κ2) is 6.27. The number of alkyl halides is 3. The molecule has 0 bridgehead atoms. The van der Waals surface area contributed by atoms with E-state index < -0.39 is 17.6 Å². The summed E-state index contributed by atoms with van der Waals surface area (Å²) in [6, 6.07) is 12.0. The predicted octanol–water partition coefficient (Wildman–Crippen LogP) is 4.77. The van der Waals surface area contributed by atoms with Crippen LogP contribution in [0.2, 0.25) is 0 Å². The molecule has 0 radical (unpaired) electrons. The molecule has 2 aliphatic rings. The fourth-order valence-electron chi connectivity index (χ4n) is 3.99. The van der Waals surface area contributed by atoms with Gasteiger partial charge in [-0.3, -0.25) is 4.90 Å². The summed E-state index contributed by atoms with van der Waals surface area (Å²) in [5.41, 5.74) is 0.178. The highest BCUT2D eigenvalue weighted by atomic mass is 19.4. The third-order valence-corrected chi connectivity index (χ3v) is 5.51. The first kappa shape index (κ1) is 17.3. The number of halogens is 4. The second-order valence-electron chi connectivity index (χ2n) is 7.16. The first-order chi connectivity index (χ1) is 12.4. The molecule has 0 aromatic heterocycles. The number of benzene rings is 2. The average Bonchev–Trinajstić information content (AvgIpc) is 2.94. The van der Waals surface area contributed by atoms with Crippen LogP contribution in [0.15, 0.2) is 42.5 Å². The standard InChI is InChI=1S/C20H19F4NO/c21-17-10-16-18(11-15(17)20(22,23)24)26-13-19(16)6-8-25(9-7-19)12-14-4-2-1-3-5-14/h1-5,10-11H,6-9,12-13H2. The Bertz CT molecular complexity index is 795. The molecule has 1 spiro atoms. The number of rotatable bonds is 2. The normalized spacial score (nSPS) is 19.4. The minimum atomic E-state index is -4.71. The molecule has 0 aliphatic carbocycles. The van der Waals surface area contributed by atoms with Gasteiger partial charge in [0.1, 0.15) is 11.6 Å². The molecule has 0 unspecified atom stereocenters. The van der Waals surface area contributed by atoms with Crippen molar-refractivity contribution >= 4 is 0 Å². The quantitative estimate of drug-likeness (QED) is 0.711. The van der Waals surface area contributed by atoms with Gasteiger partial charge < -0.3 is 4.74 Å². The van der Waals surface area contributed by atoms with E-state index >= 15 is 0 Å². The summed E-state index contributed by atoms with van der Waals surface area (Å²) in [6.45, 7) is 2.77. The van der Waals surface area contributed by atoms with Gasteiger partial charge in [0.15, 0.2) is 0 Å². The Kier molecular flexibility index (Phi) is 4.18. The number of fused-ring (bicyclic) bond motifs is 2. The van der Waals surface area contributed by atoms with Crippen molar-refractivity contribution in [2.24, 2.45) is 0 Å². The van der Waals surface area contributed by atoms with Crippen molar-refractivity contribution in [3.05, 3.63) is 65.0 Å². The molecule has 0 N–H and O–H groups in total. The van der Waals surface area contributed by atoms with E-state index in [0.717, 1.165) is 44.6 Å². The van der Waals surface area contributed by atoms with Crippen molar-refractivity contribution < 1.29 is 22.3 Å². The number of piperidine rings is 1. The summed E-state index contributed by atoms with van der Waals surface area (Å²) in [5.74, 6) is -1.04. The highest BCUT2D eigenvalue weighted by Gasteiger charge is 2.45. The van der Waals surface area contributed by atoms with Gasteiger partial charge in [0.2, 0.25) is 0 Å². The van der Waals surface area contributed by atoms with Crippen LogP contribution in [0.25, 0.3) is 0 Å². The first-order valence-electron chi connectivity index (χ1n) is 8.68. The molecule has 1 saturated heterocycles. The van der Waals surface area contributed by atoms with E-state index in [0.29, 0.717) is 12.2 Å². The van der Waals surface area contributed by atoms with Crippen LogP contribution >= 0.6 is 0 Å². The van der Waals surface area contributed by atoms with Crippen LogP contribution < -0.4 is 4.74 Å². The molecule has 2 nitrogen and oxygen atoms in total. The molecule has 2 aromatic rings. The zero-order chi connectivity index (χ0) is 18.4. The van der Waals surface area contributed by atoms with E-state index in [2.05, 4.69) is 17.0 Å². The van der Waals surface area contributed by atoms with E-state index in [1.54, 1.807) is 0 Å². The number of likely N-dealkylation sites (tertiary alicyclic amines) is 1. The summed E-state index contributed by atoms with van der Waals surface area (Å²) < 4.78 is 58.3. The smallest absolute Gasteiger partial charge is 0.419 e. The van der Waals surface area contributed by atoms with E-state index in [9.17, 15) is 17.6 Å². The Morgan fingerprint density at radius 3 is 2.38 bits per heavy atom. The molecular weight excluding hydrogens is 346 g/mol. The average molecular weight is 365 g/mol. The summed E-state index contributed by atoms with van der Waals surface area (Å²) in [4.78, 5) is 2.32. The van der Waals surface area contributed by atoms with Gasteiger partial charge >= 0.3 is 6.18 Å². The molecule has 2 aliphatic heterocycles. The van der Waals surface area contributed by atoms with Crippen molar-refractivity contribution in [1.29, 1.82) is 0 Å². The van der Waals surface area contributed by atoms with Gasteiger partial charge in [-0.05, 0) is 43.6 Å². The van der Waals surface area contributed by atoms with Crippen molar-refractivity contribution in [2.45, 2.75) is 31.0 Å². The van der Waals surface area contributed by atoms with Gasteiger partial charge in [-0.15, -0.1) is 0 Å². The lowest BCUT2D eigenvalue weighted by atomic mass is 9.74. The van der Waals surface area contributed by atoms with Crippen LogP contribution in [0.4, 0.5) is 17.6 Å². The van der Waals surface area contributed by atoms with Gasteiger partial charge in [0.25, 0.3) is 0 Å². The molecule has 0 amide bonds. The Labute approximate surface area is 149 Å². The molecular formula is C20H19F4NO. The van der Waals surface area contributed by atoms with Crippen LogP contribution in [-0.2, 0) is 18.1 Å². The monoisotopic (exact) mass is 365 g/mol. The van der Waals surface area contributed by atoms with Gasteiger partial charge in [-0.25, -0.2) is 4.39 Å². The number of ether oxygens (including phenoxy) is 1. The maximum absolute atomic E-state index is 14.1. The highest BCUT2D eigenvalue weighted by Crippen LogP contribution is 2.48. The Balaban J connectivity index is 1.52. The third kappa shape index (κ3) is 3.07. The lowest BCUT2D eigenvalue weighted by Crippen LogP contribution is -2.43. The minimum Gasteiger partial charge on any atom is -0.492 e. The third-order valence-electron chi connectivity index (χ3n) is 5.51. The topological polar surface area (TPSA) is 12.5 Å². The molecule has 4 rings (SSSR count). The molecule has 0 atom stereocenters. The Morgan fingerprint density at radius 1 is 1.04 bits per heavy atom. The molecule has 2 heterocycles. The lowest BCUT2D eigenvalue weighted by Gasteiger charge is -2.38. The maximum atomic E-state index is 14.1. The van der Waals surface area contributed by atoms with Gasteiger partial charge in [0, 0.05) is 17.5 Å². The highest BCUT2D eigenvalue weighted by molar-refractivity contribution is 5.48. The maximum Gasteiger partial charge on any atom is 0.419 e. The van der Waals surface area contributed by atoms with E-state index in [4.69, 9.17) is 4.74 Å². The van der Waals surface area contributed by atoms with Gasteiger partial charge in [0.05, 0.1) is 12.2 Å². The van der Waals surface area contributed by atoms with Crippen LogP contribution in [0.1, 0.15) is 29.5 Å². The second-order valence-corrected chi connectivity index (χ2v) is 7.16. The van der Waals surface area contributed by atoms with E-state index in [1.165, 1.54) is 5.56 Å². The lowest BCUT2D eigenvalue weighted by molar-refractivity contribution is -0.140. The number of hydrogen-bond acceptors (Lipinski definition) is 2. The largest absolute Gasteiger partial charge is 0.492 e.